The number of fused-ring (bicyclic) bond motifs is 1. The number of imidazole rings is 1. The lowest BCUT2D eigenvalue weighted by atomic mass is 9.77. The summed E-state index contributed by atoms with van der Waals surface area (Å²) in [7, 11) is 0. The van der Waals surface area contributed by atoms with Gasteiger partial charge in [-0.25, -0.2) is 4.98 Å². The van der Waals surface area contributed by atoms with E-state index in [1.165, 1.54) is 0 Å². The van der Waals surface area contributed by atoms with E-state index in [0.29, 0.717) is 5.82 Å². The Hall–Kier alpha value is -2.22. The number of aliphatic hydroxyl groups is 1. The molecule has 1 aliphatic rings. The highest BCUT2D eigenvalue weighted by atomic mass is 32.1. The van der Waals surface area contributed by atoms with Crippen LogP contribution in [0.4, 0.5) is 0 Å². The van der Waals surface area contributed by atoms with Crippen molar-refractivity contribution < 1.29 is 14.6 Å². The van der Waals surface area contributed by atoms with Gasteiger partial charge in [-0.3, -0.25) is 4.79 Å². The maximum atomic E-state index is 12.3. The molecular formula is C19H21N3O3S. The second-order valence-electron chi connectivity index (χ2n) is 6.64. The van der Waals surface area contributed by atoms with Crippen LogP contribution in [0.5, 0.6) is 0 Å². The van der Waals surface area contributed by atoms with Crippen LogP contribution in [0.25, 0.3) is 11.0 Å². The van der Waals surface area contributed by atoms with E-state index in [0.717, 1.165) is 28.8 Å². The van der Waals surface area contributed by atoms with Crippen LogP contribution in [0.15, 0.2) is 41.8 Å². The average Bonchev–Trinajstić information content (AvgIpc) is 3.26. The standard InChI is InChI=1S/C19H21N3O3S/c23-13-8-12(9-13)19(16-6-3-7-26-16)22-18(24)11-25-10-17-20-14-4-1-2-5-15(14)21-17/h1-7,12-13,19,23H,8-11H2,(H,20,21)(H,22,24). The first-order chi connectivity index (χ1) is 12.7. The number of nitrogens with zero attached hydrogens (tertiary/aromatic N) is 1. The predicted molar refractivity (Wildman–Crippen MR) is 99.7 cm³/mol. The van der Waals surface area contributed by atoms with Gasteiger partial charge in [0.1, 0.15) is 19.0 Å². The van der Waals surface area contributed by atoms with Gasteiger partial charge in [-0.2, -0.15) is 0 Å². The molecule has 0 aliphatic heterocycles. The molecule has 3 aromatic rings. The number of hydrogen-bond donors (Lipinski definition) is 3. The van der Waals surface area contributed by atoms with E-state index in [-0.39, 0.29) is 37.2 Å². The summed E-state index contributed by atoms with van der Waals surface area (Å²) in [5, 5.41) is 14.6. The molecule has 0 saturated heterocycles. The maximum absolute atomic E-state index is 12.3. The molecule has 26 heavy (non-hydrogen) atoms. The highest BCUT2D eigenvalue weighted by Crippen LogP contribution is 2.39. The Bertz CT molecular complexity index is 838. The van der Waals surface area contributed by atoms with Gasteiger partial charge in [-0.05, 0) is 42.3 Å². The van der Waals surface area contributed by atoms with Gasteiger partial charge >= 0.3 is 0 Å². The third kappa shape index (κ3) is 3.80. The van der Waals surface area contributed by atoms with Crippen LogP contribution in [0.3, 0.4) is 0 Å². The number of hydrogen-bond acceptors (Lipinski definition) is 5. The van der Waals surface area contributed by atoms with E-state index < -0.39 is 0 Å². The summed E-state index contributed by atoms with van der Waals surface area (Å²) < 4.78 is 5.53. The average molecular weight is 371 g/mol. The molecule has 4 rings (SSSR count). The Morgan fingerprint density at radius 2 is 2.19 bits per heavy atom. The number of rotatable bonds is 7. The number of amides is 1. The minimum atomic E-state index is -0.247. The molecule has 1 atom stereocenters. The van der Waals surface area contributed by atoms with Crippen molar-refractivity contribution in [2.24, 2.45) is 5.92 Å². The molecule has 6 nitrogen and oxygen atoms in total. The van der Waals surface area contributed by atoms with Crippen molar-refractivity contribution in [3.05, 3.63) is 52.5 Å². The Balaban J connectivity index is 1.31. The summed E-state index contributed by atoms with van der Waals surface area (Å²) in [6.07, 6.45) is 1.20. The second-order valence-corrected chi connectivity index (χ2v) is 7.62. The first-order valence-corrected chi connectivity index (χ1v) is 9.59. The first-order valence-electron chi connectivity index (χ1n) is 8.71. The first kappa shape index (κ1) is 17.2. The highest BCUT2D eigenvalue weighted by molar-refractivity contribution is 7.10. The van der Waals surface area contributed by atoms with Gasteiger partial charge in [0.05, 0.1) is 23.2 Å². The normalized spacial score (nSPS) is 20.7. The summed E-state index contributed by atoms with van der Waals surface area (Å²) in [6, 6.07) is 11.7. The quantitative estimate of drug-likeness (QED) is 0.596. The molecule has 1 fully saturated rings. The number of aromatic amines is 1. The molecule has 2 aromatic heterocycles. The van der Waals surface area contributed by atoms with E-state index in [1.807, 2.05) is 41.8 Å². The Labute approximate surface area is 155 Å². The molecular weight excluding hydrogens is 350 g/mol. The zero-order chi connectivity index (χ0) is 17.9. The fraction of sp³-hybridized carbons (Fsp3) is 0.368. The van der Waals surface area contributed by atoms with Crippen LogP contribution < -0.4 is 5.32 Å². The smallest absolute Gasteiger partial charge is 0.246 e. The molecule has 1 amide bonds. The van der Waals surface area contributed by atoms with Crippen molar-refractivity contribution in [1.82, 2.24) is 15.3 Å². The number of aromatic nitrogens is 2. The molecule has 7 heteroatoms. The topological polar surface area (TPSA) is 87.2 Å². The Morgan fingerprint density at radius 3 is 2.92 bits per heavy atom. The summed E-state index contributed by atoms with van der Waals surface area (Å²) in [5.74, 6) is 0.833. The predicted octanol–water partition coefficient (Wildman–Crippen LogP) is 2.77. The number of carbonyl (C=O) groups is 1. The number of ether oxygens (including phenoxy) is 1. The number of benzene rings is 1. The Kier molecular flexibility index (Phi) is 5.01. The van der Waals surface area contributed by atoms with Crippen LogP contribution in [-0.4, -0.2) is 33.7 Å². The summed E-state index contributed by atoms with van der Waals surface area (Å²) in [4.78, 5) is 21.0. The Morgan fingerprint density at radius 1 is 1.35 bits per heavy atom. The third-order valence-corrected chi connectivity index (χ3v) is 5.65. The highest BCUT2D eigenvalue weighted by Gasteiger charge is 2.36. The molecule has 0 bridgehead atoms. The number of thiophene rings is 1. The van der Waals surface area contributed by atoms with Gasteiger partial charge in [-0.1, -0.05) is 18.2 Å². The molecule has 0 radical (unpaired) electrons. The molecule has 1 saturated carbocycles. The lowest BCUT2D eigenvalue weighted by molar-refractivity contribution is -0.128. The van der Waals surface area contributed by atoms with E-state index in [2.05, 4.69) is 15.3 Å². The fourth-order valence-corrected chi connectivity index (χ4v) is 4.19. The zero-order valence-corrected chi connectivity index (χ0v) is 15.0. The molecule has 3 N–H and O–H groups in total. The molecule has 1 aromatic carbocycles. The van der Waals surface area contributed by atoms with Gasteiger partial charge in [-0.15, -0.1) is 11.3 Å². The minimum absolute atomic E-state index is 0.0196. The number of nitrogens with one attached hydrogen (secondary N) is 2. The van der Waals surface area contributed by atoms with Crippen molar-refractivity contribution in [3.63, 3.8) is 0 Å². The summed E-state index contributed by atoms with van der Waals surface area (Å²) in [6.45, 7) is 0.238. The second kappa shape index (κ2) is 7.57. The molecule has 2 heterocycles. The molecule has 136 valence electrons. The monoisotopic (exact) mass is 371 g/mol. The van der Waals surface area contributed by atoms with E-state index in [4.69, 9.17) is 4.74 Å². The van der Waals surface area contributed by atoms with Gasteiger partial charge in [0.25, 0.3) is 0 Å². The van der Waals surface area contributed by atoms with E-state index >= 15 is 0 Å². The van der Waals surface area contributed by atoms with Crippen LogP contribution in [0, 0.1) is 5.92 Å². The van der Waals surface area contributed by atoms with Crippen molar-refractivity contribution in [3.8, 4) is 0 Å². The van der Waals surface area contributed by atoms with Crippen molar-refractivity contribution >= 4 is 28.3 Å². The van der Waals surface area contributed by atoms with Gasteiger partial charge < -0.3 is 20.1 Å². The van der Waals surface area contributed by atoms with Crippen LogP contribution in [-0.2, 0) is 16.1 Å². The minimum Gasteiger partial charge on any atom is -0.393 e. The summed E-state index contributed by atoms with van der Waals surface area (Å²) >= 11 is 1.62. The lowest BCUT2D eigenvalue weighted by Crippen LogP contribution is -2.42. The van der Waals surface area contributed by atoms with E-state index in [1.54, 1.807) is 11.3 Å². The molecule has 0 spiro atoms. The van der Waals surface area contributed by atoms with Crippen LogP contribution in [0.2, 0.25) is 0 Å². The number of para-hydroxylation sites is 2. The SMILES string of the molecule is O=C(COCc1nc2ccccc2[nH]1)NC(c1cccs1)C1CC(O)C1. The van der Waals surface area contributed by atoms with Crippen LogP contribution >= 0.6 is 11.3 Å². The molecule has 1 aliphatic carbocycles. The number of aliphatic hydroxyl groups excluding tert-OH is 1. The largest absolute Gasteiger partial charge is 0.393 e. The van der Waals surface area contributed by atoms with E-state index in [9.17, 15) is 9.90 Å². The van der Waals surface area contributed by atoms with Crippen molar-refractivity contribution in [2.75, 3.05) is 6.61 Å². The van der Waals surface area contributed by atoms with Crippen LogP contribution in [0.1, 0.15) is 29.6 Å². The van der Waals surface area contributed by atoms with Gasteiger partial charge in [0.2, 0.25) is 5.91 Å². The molecule has 1 unspecified atom stereocenters. The fourth-order valence-electron chi connectivity index (χ4n) is 3.32. The van der Waals surface area contributed by atoms with Gasteiger partial charge in [0.15, 0.2) is 0 Å². The summed E-state index contributed by atoms with van der Waals surface area (Å²) in [5.41, 5.74) is 1.84. The van der Waals surface area contributed by atoms with Gasteiger partial charge in [0, 0.05) is 4.88 Å². The lowest BCUT2D eigenvalue weighted by Gasteiger charge is -2.37. The third-order valence-electron chi connectivity index (χ3n) is 4.70. The van der Waals surface area contributed by atoms with Crippen molar-refractivity contribution in [2.45, 2.75) is 31.6 Å². The maximum Gasteiger partial charge on any atom is 0.246 e. The number of H-pyrrole nitrogens is 1. The van der Waals surface area contributed by atoms with Crippen molar-refractivity contribution in [1.29, 1.82) is 0 Å². The zero-order valence-electron chi connectivity index (χ0n) is 14.2. The number of carbonyl (C=O) groups excluding carboxylic acids is 1.